The predicted molar refractivity (Wildman–Crippen MR) is 99.9 cm³/mol. The van der Waals surface area contributed by atoms with E-state index < -0.39 is 0 Å². The van der Waals surface area contributed by atoms with Crippen LogP contribution in [-0.2, 0) is 0 Å². The molecule has 2 aromatic carbocycles. The highest BCUT2D eigenvalue weighted by molar-refractivity contribution is 5.60. The van der Waals surface area contributed by atoms with Crippen LogP contribution in [0.5, 0.6) is 5.75 Å². The molecule has 3 aromatic rings. The number of nitrogens with one attached hydrogen (secondary N) is 2. The van der Waals surface area contributed by atoms with Crippen molar-refractivity contribution in [2.75, 3.05) is 17.2 Å². The maximum atomic E-state index is 5.44. The van der Waals surface area contributed by atoms with E-state index >= 15 is 0 Å². The van der Waals surface area contributed by atoms with Crippen molar-refractivity contribution in [3.63, 3.8) is 0 Å². The molecule has 0 aliphatic heterocycles. The smallest absolute Gasteiger partial charge is 0.249 e. The van der Waals surface area contributed by atoms with Crippen LogP contribution in [0, 0.1) is 13.8 Å². The summed E-state index contributed by atoms with van der Waals surface area (Å²) in [4.78, 5) is 4.45. The normalized spacial score (nSPS) is 10.4. The fraction of sp³-hybridized carbons (Fsp3) is 0.211. The number of hydrogen-bond acceptors (Lipinski definition) is 6. The minimum atomic E-state index is 0.445. The minimum Gasteiger partial charge on any atom is -0.494 e. The SMILES string of the molecule is CCOc1ccc(Nc2cnnc(Nc3cc(C)cc(C)c3)n2)cc1. The Balaban J connectivity index is 1.72. The first kappa shape index (κ1) is 16.7. The number of aryl methyl sites for hydroxylation is 2. The summed E-state index contributed by atoms with van der Waals surface area (Å²) in [6, 6.07) is 13.9. The Hall–Kier alpha value is -3.15. The fourth-order valence-corrected chi connectivity index (χ4v) is 2.54. The molecule has 0 atom stereocenters. The van der Waals surface area contributed by atoms with Gasteiger partial charge in [0.1, 0.15) is 5.75 Å². The molecule has 0 bridgehead atoms. The van der Waals surface area contributed by atoms with Crippen LogP contribution in [0.1, 0.15) is 18.1 Å². The van der Waals surface area contributed by atoms with Crippen molar-refractivity contribution in [3.05, 3.63) is 59.8 Å². The zero-order valence-corrected chi connectivity index (χ0v) is 14.6. The van der Waals surface area contributed by atoms with Gasteiger partial charge in [-0.2, -0.15) is 10.1 Å². The van der Waals surface area contributed by atoms with Crippen molar-refractivity contribution in [2.45, 2.75) is 20.8 Å². The Bertz CT molecular complexity index is 828. The van der Waals surface area contributed by atoms with Gasteiger partial charge in [0.15, 0.2) is 5.82 Å². The van der Waals surface area contributed by atoms with Gasteiger partial charge in [-0.05, 0) is 68.3 Å². The molecule has 0 aliphatic rings. The maximum absolute atomic E-state index is 5.44. The van der Waals surface area contributed by atoms with E-state index in [9.17, 15) is 0 Å². The molecule has 0 saturated carbocycles. The van der Waals surface area contributed by atoms with E-state index in [1.54, 1.807) is 6.20 Å². The van der Waals surface area contributed by atoms with E-state index in [1.807, 2.05) is 43.3 Å². The monoisotopic (exact) mass is 335 g/mol. The fourth-order valence-electron chi connectivity index (χ4n) is 2.54. The second kappa shape index (κ2) is 7.61. The van der Waals surface area contributed by atoms with Crippen molar-refractivity contribution >= 4 is 23.1 Å². The largest absolute Gasteiger partial charge is 0.494 e. The van der Waals surface area contributed by atoms with Crippen molar-refractivity contribution in [1.82, 2.24) is 15.2 Å². The molecule has 2 N–H and O–H groups in total. The van der Waals surface area contributed by atoms with Gasteiger partial charge in [0.05, 0.1) is 12.8 Å². The molecule has 0 saturated heterocycles. The average Bonchev–Trinajstić information content (AvgIpc) is 2.56. The van der Waals surface area contributed by atoms with Crippen LogP contribution < -0.4 is 15.4 Å². The van der Waals surface area contributed by atoms with Gasteiger partial charge < -0.3 is 15.4 Å². The molecule has 6 nitrogen and oxygen atoms in total. The highest BCUT2D eigenvalue weighted by atomic mass is 16.5. The number of benzene rings is 2. The molecule has 1 aromatic heterocycles. The Morgan fingerprint density at radius 2 is 1.64 bits per heavy atom. The summed E-state index contributed by atoms with van der Waals surface area (Å²) in [6.07, 6.45) is 1.59. The molecule has 0 amide bonds. The number of nitrogens with zero attached hydrogens (tertiary/aromatic N) is 3. The summed E-state index contributed by atoms with van der Waals surface area (Å²) < 4.78 is 5.44. The second-order valence-electron chi connectivity index (χ2n) is 5.75. The van der Waals surface area contributed by atoms with Gasteiger partial charge in [-0.1, -0.05) is 6.07 Å². The molecule has 0 radical (unpaired) electrons. The van der Waals surface area contributed by atoms with Gasteiger partial charge >= 0.3 is 0 Å². The molecule has 128 valence electrons. The lowest BCUT2D eigenvalue weighted by molar-refractivity contribution is 0.340. The zero-order chi connectivity index (χ0) is 17.6. The molecule has 0 fully saturated rings. The van der Waals surface area contributed by atoms with Gasteiger partial charge in [-0.25, -0.2) is 0 Å². The van der Waals surface area contributed by atoms with E-state index in [2.05, 4.69) is 45.7 Å². The van der Waals surface area contributed by atoms with Gasteiger partial charge in [-0.15, -0.1) is 5.10 Å². The van der Waals surface area contributed by atoms with E-state index in [0.29, 0.717) is 18.4 Å². The summed E-state index contributed by atoms with van der Waals surface area (Å²) in [6.45, 7) is 6.72. The van der Waals surface area contributed by atoms with Crippen LogP contribution in [0.3, 0.4) is 0 Å². The minimum absolute atomic E-state index is 0.445. The lowest BCUT2D eigenvalue weighted by Crippen LogP contribution is -2.02. The molecular formula is C19H21N5O. The van der Waals surface area contributed by atoms with Gasteiger partial charge in [-0.3, -0.25) is 0 Å². The quantitative estimate of drug-likeness (QED) is 0.697. The molecule has 25 heavy (non-hydrogen) atoms. The first-order valence-electron chi connectivity index (χ1n) is 8.17. The lowest BCUT2D eigenvalue weighted by atomic mass is 10.1. The summed E-state index contributed by atoms with van der Waals surface area (Å²) in [7, 11) is 0. The van der Waals surface area contributed by atoms with Gasteiger partial charge in [0, 0.05) is 11.4 Å². The van der Waals surface area contributed by atoms with Crippen molar-refractivity contribution in [3.8, 4) is 5.75 Å². The zero-order valence-electron chi connectivity index (χ0n) is 14.6. The third kappa shape index (κ3) is 4.67. The van der Waals surface area contributed by atoms with Crippen molar-refractivity contribution in [1.29, 1.82) is 0 Å². The molecule has 3 rings (SSSR count). The third-order valence-corrected chi connectivity index (χ3v) is 3.47. The topological polar surface area (TPSA) is 72.0 Å². The summed E-state index contributed by atoms with van der Waals surface area (Å²) in [5.41, 5.74) is 4.21. The van der Waals surface area contributed by atoms with Crippen LogP contribution in [-0.4, -0.2) is 21.8 Å². The molecule has 1 heterocycles. The van der Waals surface area contributed by atoms with E-state index in [-0.39, 0.29) is 0 Å². The van der Waals surface area contributed by atoms with Crippen molar-refractivity contribution in [2.24, 2.45) is 0 Å². The summed E-state index contributed by atoms with van der Waals surface area (Å²) >= 11 is 0. The molecule has 0 unspecified atom stereocenters. The van der Waals surface area contributed by atoms with Crippen LogP contribution in [0.25, 0.3) is 0 Å². The Morgan fingerprint density at radius 1 is 0.920 bits per heavy atom. The number of hydrogen-bond donors (Lipinski definition) is 2. The molecule has 0 spiro atoms. The maximum Gasteiger partial charge on any atom is 0.249 e. The number of rotatable bonds is 6. The lowest BCUT2D eigenvalue weighted by Gasteiger charge is -2.09. The van der Waals surface area contributed by atoms with E-state index in [0.717, 1.165) is 17.1 Å². The predicted octanol–water partition coefficient (Wildman–Crippen LogP) is 4.37. The highest BCUT2D eigenvalue weighted by Crippen LogP contribution is 2.20. The number of aromatic nitrogens is 3. The second-order valence-corrected chi connectivity index (χ2v) is 5.75. The van der Waals surface area contributed by atoms with Crippen molar-refractivity contribution < 1.29 is 4.74 Å². The van der Waals surface area contributed by atoms with Gasteiger partial charge in [0.25, 0.3) is 0 Å². The third-order valence-electron chi connectivity index (χ3n) is 3.47. The Kier molecular flexibility index (Phi) is 5.09. The Labute approximate surface area is 147 Å². The molecule has 0 aliphatic carbocycles. The van der Waals surface area contributed by atoms with Crippen LogP contribution >= 0.6 is 0 Å². The highest BCUT2D eigenvalue weighted by Gasteiger charge is 2.03. The standard InChI is InChI=1S/C19H21N5O/c1-4-25-17-7-5-15(6-8-17)21-18-12-20-24-19(23-18)22-16-10-13(2)9-14(3)11-16/h5-12H,4H2,1-3H3,(H2,21,22,23,24). The molecule has 6 heteroatoms. The molecular weight excluding hydrogens is 314 g/mol. The van der Waals surface area contributed by atoms with Crippen LogP contribution in [0.2, 0.25) is 0 Å². The number of anilines is 4. The summed E-state index contributed by atoms with van der Waals surface area (Å²) in [5, 5.41) is 14.5. The van der Waals surface area contributed by atoms with Crippen LogP contribution in [0.15, 0.2) is 48.7 Å². The van der Waals surface area contributed by atoms with E-state index in [1.165, 1.54) is 11.1 Å². The van der Waals surface area contributed by atoms with E-state index in [4.69, 9.17) is 4.74 Å². The first-order chi connectivity index (χ1) is 12.1. The Morgan fingerprint density at radius 3 is 2.32 bits per heavy atom. The summed E-state index contributed by atoms with van der Waals surface area (Å²) in [5.74, 6) is 1.90. The number of ether oxygens (including phenoxy) is 1. The average molecular weight is 335 g/mol. The first-order valence-corrected chi connectivity index (χ1v) is 8.17. The van der Waals surface area contributed by atoms with Gasteiger partial charge in [0.2, 0.25) is 5.95 Å². The van der Waals surface area contributed by atoms with Crippen LogP contribution in [0.4, 0.5) is 23.1 Å².